The van der Waals surface area contributed by atoms with E-state index in [0.717, 1.165) is 5.56 Å². The van der Waals surface area contributed by atoms with Gasteiger partial charge in [-0.15, -0.1) is 0 Å². The number of benzene rings is 1. The number of rotatable bonds is 6. The molecule has 216 valence electrons. The normalized spacial score (nSPS) is 26.1. The molecule has 1 aromatic carbocycles. The van der Waals surface area contributed by atoms with Crippen LogP contribution in [0.25, 0.3) is 0 Å². The number of amides is 4. The molecule has 1 aromatic rings. The van der Waals surface area contributed by atoms with Gasteiger partial charge in [-0.05, 0) is 40.7 Å². The van der Waals surface area contributed by atoms with Crippen LogP contribution in [0.1, 0.15) is 52.5 Å². The Kier molecular flexibility index (Phi) is 7.18. The van der Waals surface area contributed by atoms with E-state index in [-0.39, 0.29) is 36.1 Å². The fraction of sp³-hybridized carbons (Fsp3) is 0.607. The van der Waals surface area contributed by atoms with Crippen LogP contribution in [-0.2, 0) is 19.2 Å². The summed E-state index contributed by atoms with van der Waals surface area (Å²) in [5, 5.41) is 14.6. The van der Waals surface area contributed by atoms with Crippen molar-refractivity contribution in [2.24, 2.45) is 22.7 Å². The van der Waals surface area contributed by atoms with E-state index in [1.165, 1.54) is 37.6 Å². The zero-order chi connectivity index (χ0) is 29.9. The van der Waals surface area contributed by atoms with Crippen LogP contribution in [0.2, 0.25) is 0 Å². The number of hydrogen-bond acceptors (Lipinski definition) is 5. The number of piperidine rings is 1. The Morgan fingerprint density at radius 2 is 1.85 bits per heavy atom. The van der Waals surface area contributed by atoms with Gasteiger partial charge in [0, 0.05) is 19.3 Å². The van der Waals surface area contributed by atoms with Gasteiger partial charge in [0.15, 0.2) is 0 Å². The molecule has 0 spiro atoms. The lowest BCUT2D eigenvalue weighted by molar-refractivity contribution is -0.176. The topological polar surface area (TPSA) is 123 Å². The van der Waals surface area contributed by atoms with E-state index in [9.17, 15) is 37.6 Å². The van der Waals surface area contributed by atoms with E-state index in [2.05, 4.69) is 11.4 Å². The molecule has 1 aliphatic carbocycles. The number of likely N-dealkylation sites (tertiary alicyclic amines) is 1. The number of hydrogen-bond donors (Lipinski definition) is 2. The molecule has 40 heavy (non-hydrogen) atoms. The van der Waals surface area contributed by atoms with Crippen molar-refractivity contribution in [1.29, 1.82) is 5.26 Å². The highest BCUT2D eigenvalue weighted by Gasteiger charge is 2.70. The maximum atomic E-state index is 14.0. The van der Waals surface area contributed by atoms with Crippen LogP contribution in [0, 0.1) is 34.0 Å². The number of carbonyl (C=O) groups is 4. The molecule has 2 fully saturated rings. The Balaban J connectivity index is 1.59. The fourth-order valence-corrected chi connectivity index (χ4v) is 6.22. The first-order valence-electron chi connectivity index (χ1n) is 13.2. The quantitative estimate of drug-likeness (QED) is 0.553. The summed E-state index contributed by atoms with van der Waals surface area (Å²) in [7, 11) is 1.44. The van der Waals surface area contributed by atoms with Crippen molar-refractivity contribution in [3.05, 3.63) is 29.8 Å². The summed E-state index contributed by atoms with van der Waals surface area (Å²) >= 11 is 0. The Labute approximate surface area is 231 Å². The molecule has 4 rings (SSSR count). The summed E-state index contributed by atoms with van der Waals surface area (Å²) < 4.78 is 39.2. The highest BCUT2D eigenvalue weighted by Crippen LogP contribution is 2.65. The van der Waals surface area contributed by atoms with E-state index in [4.69, 9.17) is 0 Å². The van der Waals surface area contributed by atoms with Crippen LogP contribution >= 0.6 is 0 Å². The first-order chi connectivity index (χ1) is 18.4. The van der Waals surface area contributed by atoms with Gasteiger partial charge in [-0.2, -0.15) is 18.4 Å². The van der Waals surface area contributed by atoms with Crippen molar-refractivity contribution in [2.75, 3.05) is 18.9 Å². The number of para-hydroxylation sites is 1. The molecule has 4 amide bonds. The Bertz CT molecular complexity index is 1280. The van der Waals surface area contributed by atoms with Crippen LogP contribution < -0.4 is 10.6 Å². The summed E-state index contributed by atoms with van der Waals surface area (Å²) in [6.45, 7) is 8.66. The number of carbonyl (C=O) groups excluding carboxylic acids is 4. The first kappa shape index (κ1) is 29.4. The standard InChI is InChI=1S/C28H34F3N5O4/c1-26(2,3)21(34-25(40)28(29,30)31)24(39)36-13-17-19(27(17,4)5)20(36)23(38)35(6)14(12-32)11-16-15-9-7-8-10-18(15)33-22(16)37/h7-10,14,16-17,19-21H,11,13H2,1-6H3,(H,33,37)(H,34,40)/t14-,16?,17-,19-,20-,21+/m0/s1. The second kappa shape index (κ2) is 9.78. The molecule has 1 saturated heterocycles. The molecule has 3 aliphatic rings. The Morgan fingerprint density at radius 3 is 2.42 bits per heavy atom. The van der Waals surface area contributed by atoms with Crippen LogP contribution in [0.15, 0.2) is 24.3 Å². The van der Waals surface area contributed by atoms with Crippen molar-refractivity contribution in [3.63, 3.8) is 0 Å². The second-order valence-corrected chi connectivity index (χ2v) is 12.6. The van der Waals surface area contributed by atoms with Gasteiger partial charge in [0.25, 0.3) is 0 Å². The summed E-state index contributed by atoms with van der Waals surface area (Å²) in [6.07, 6.45) is -5.15. The lowest BCUT2D eigenvalue weighted by atomic mass is 9.85. The molecule has 0 bridgehead atoms. The average Bonchev–Trinajstić information content (AvgIpc) is 3.17. The molecule has 9 nitrogen and oxygen atoms in total. The van der Waals surface area contributed by atoms with Crippen molar-refractivity contribution < 1.29 is 32.3 Å². The van der Waals surface area contributed by atoms with Crippen molar-refractivity contribution in [3.8, 4) is 6.07 Å². The minimum atomic E-state index is -5.18. The fourth-order valence-electron chi connectivity index (χ4n) is 6.22. The monoisotopic (exact) mass is 561 g/mol. The molecule has 2 N–H and O–H groups in total. The van der Waals surface area contributed by atoms with E-state index in [0.29, 0.717) is 5.69 Å². The third kappa shape index (κ3) is 5.02. The molecule has 2 aliphatic heterocycles. The molecular formula is C28H34F3N5O4. The number of alkyl halides is 3. The molecule has 0 aromatic heterocycles. The molecule has 12 heteroatoms. The van der Waals surface area contributed by atoms with Gasteiger partial charge in [-0.25, -0.2) is 0 Å². The second-order valence-electron chi connectivity index (χ2n) is 12.6. The predicted molar refractivity (Wildman–Crippen MR) is 138 cm³/mol. The van der Waals surface area contributed by atoms with Crippen LogP contribution in [0.4, 0.5) is 18.9 Å². The molecule has 6 atom stereocenters. The SMILES string of the molecule is CN(C(=O)[C@@H]1[C@@H]2[C@H](CN1C(=O)[C@@H](NC(=O)C(F)(F)F)C(C)(C)C)C2(C)C)[C@H](C#N)CC1C(=O)Nc2ccccc21. The van der Waals surface area contributed by atoms with Gasteiger partial charge in [0.1, 0.15) is 18.1 Å². The van der Waals surface area contributed by atoms with Gasteiger partial charge < -0.3 is 20.4 Å². The summed E-state index contributed by atoms with van der Waals surface area (Å²) in [5.74, 6) is -4.80. The zero-order valence-electron chi connectivity index (χ0n) is 23.3. The van der Waals surface area contributed by atoms with Gasteiger partial charge in [-0.3, -0.25) is 19.2 Å². The smallest absolute Gasteiger partial charge is 0.336 e. The maximum Gasteiger partial charge on any atom is 0.471 e. The largest absolute Gasteiger partial charge is 0.471 e. The minimum Gasteiger partial charge on any atom is -0.336 e. The van der Waals surface area contributed by atoms with E-state index in [1.807, 2.05) is 19.2 Å². The summed E-state index contributed by atoms with van der Waals surface area (Å²) in [4.78, 5) is 54.6. The number of likely N-dealkylation sites (N-methyl/N-ethyl adjacent to an activating group) is 1. The number of fused-ring (bicyclic) bond motifs is 2. The highest BCUT2D eigenvalue weighted by molar-refractivity contribution is 6.03. The Hall–Kier alpha value is -3.62. The lowest BCUT2D eigenvalue weighted by Crippen LogP contribution is -2.61. The van der Waals surface area contributed by atoms with Gasteiger partial charge in [-0.1, -0.05) is 52.8 Å². The molecule has 1 unspecified atom stereocenters. The minimum absolute atomic E-state index is 0.0337. The third-order valence-corrected chi connectivity index (χ3v) is 8.72. The van der Waals surface area contributed by atoms with E-state index < -0.39 is 53.4 Å². The van der Waals surface area contributed by atoms with Crippen LogP contribution in [0.3, 0.4) is 0 Å². The van der Waals surface area contributed by atoms with Crippen molar-refractivity contribution in [1.82, 2.24) is 15.1 Å². The van der Waals surface area contributed by atoms with Crippen LogP contribution in [0.5, 0.6) is 0 Å². The van der Waals surface area contributed by atoms with E-state index >= 15 is 0 Å². The average molecular weight is 562 g/mol. The molecule has 2 heterocycles. The summed E-state index contributed by atoms with van der Waals surface area (Å²) in [5.41, 5.74) is -0.00909. The maximum absolute atomic E-state index is 14.0. The summed E-state index contributed by atoms with van der Waals surface area (Å²) in [6, 6.07) is 5.64. The van der Waals surface area contributed by atoms with Crippen LogP contribution in [-0.4, -0.2) is 71.3 Å². The number of halogens is 3. The molecule has 0 radical (unpaired) electrons. The molecular weight excluding hydrogens is 527 g/mol. The number of nitrogens with zero attached hydrogens (tertiary/aromatic N) is 3. The van der Waals surface area contributed by atoms with Gasteiger partial charge in [0.05, 0.1) is 12.0 Å². The first-order valence-corrected chi connectivity index (χ1v) is 13.2. The number of anilines is 1. The zero-order valence-corrected chi connectivity index (χ0v) is 23.3. The number of nitriles is 1. The highest BCUT2D eigenvalue weighted by atomic mass is 19.4. The van der Waals surface area contributed by atoms with Gasteiger partial charge >= 0.3 is 12.1 Å². The Morgan fingerprint density at radius 1 is 1.23 bits per heavy atom. The van der Waals surface area contributed by atoms with Crippen molar-refractivity contribution >= 4 is 29.3 Å². The lowest BCUT2D eigenvalue weighted by Gasteiger charge is -2.39. The predicted octanol–water partition coefficient (Wildman–Crippen LogP) is 3.04. The molecule has 1 saturated carbocycles. The number of nitrogens with one attached hydrogen (secondary N) is 2. The van der Waals surface area contributed by atoms with Crippen molar-refractivity contribution in [2.45, 2.75) is 71.3 Å². The van der Waals surface area contributed by atoms with E-state index in [1.54, 1.807) is 24.3 Å². The van der Waals surface area contributed by atoms with Gasteiger partial charge in [0.2, 0.25) is 17.7 Å². The third-order valence-electron chi connectivity index (χ3n) is 8.72.